The first-order valence-corrected chi connectivity index (χ1v) is 7.40. The molecule has 8 nitrogen and oxygen atoms in total. The lowest BCUT2D eigenvalue weighted by molar-refractivity contribution is 0.559. The molecule has 3 rings (SSSR count). The predicted octanol–water partition coefficient (Wildman–Crippen LogP) is -0.239. The van der Waals surface area contributed by atoms with E-state index in [0.717, 1.165) is 21.5 Å². The van der Waals surface area contributed by atoms with Crippen molar-refractivity contribution in [2.45, 2.75) is 13.1 Å². The van der Waals surface area contributed by atoms with Gasteiger partial charge in [0.05, 0.1) is 25.5 Å². The van der Waals surface area contributed by atoms with Crippen LogP contribution >= 0.6 is 0 Å². The fraction of sp³-hybridized carbons (Fsp3) is 0.125. The maximum absolute atomic E-state index is 13.4. The monoisotopic (exact) mass is 362 g/mol. The van der Waals surface area contributed by atoms with E-state index in [9.17, 15) is 28.0 Å². The molecule has 0 aliphatic carbocycles. The molecule has 0 aliphatic heterocycles. The molecule has 2 heterocycles. The first-order valence-electron chi connectivity index (χ1n) is 7.40. The highest BCUT2D eigenvalue weighted by Gasteiger charge is 2.10. The van der Waals surface area contributed by atoms with Gasteiger partial charge in [-0.2, -0.15) is 8.78 Å². The summed E-state index contributed by atoms with van der Waals surface area (Å²) in [6, 6.07) is 6.61. The maximum atomic E-state index is 13.4. The van der Waals surface area contributed by atoms with E-state index in [1.807, 2.05) is 9.97 Å². The second kappa shape index (κ2) is 6.75. The molecule has 26 heavy (non-hydrogen) atoms. The summed E-state index contributed by atoms with van der Waals surface area (Å²) >= 11 is 0. The zero-order valence-electron chi connectivity index (χ0n) is 13.2. The van der Waals surface area contributed by atoms with Crippen molar-refractivity contribution in [2.75, 3.05) is 0 Å². The fourth-order valence-electron chi connectivity index (χ4n) is 2.43. The van der Waals surface area contributed by atoms with Gasteiger partial charge in [0.25, 0.3) is 11.1 Å². The van der Waals surface area contributed by atoms with E-state index in [4.69, 9.17) is 0 Å². The van der Waals surface area contributed by atoms with Crippen molar-refractivity contribution < 1.29 is 8.78 Å². The van der Waals surface area contributed by atoms with Gasteiger partial charge in [0, 0.05) is 0 Å². The van der Waals surface area contributed by atoms with Crippen LogP contribution in [0.1, 0.15) is 11.1 Å². The average molecular weight is 362 g/mol. The van der Waals surface area contributed by atoms with E-state index in [1.165, 1.54) is 0 Å². The number of benzene rings is 1. The number of H-pyrrole nitrogens is 2. The number of hydrogen-bond acceptors (Lipinski definition) is 4. The molecular formula is C16H12F2N4O4. The van der Waals surface area contributed by atoms with Crippen LogP contribution in [0, 0.1) is 11.6 Å². The molecule has 0 bridgehead atoms. The SMILES string of the molecule is O=c1[nH]c(=O)n(Cc2ccccc2Cn2cc(F)c(=O)[nH]c2=O)cc1F. The van der Waals surface area contributed by atoms with Crippen LogP contribution in [0.4, 0.5) is 8.78 Å². The van der Waals surface area contributed by atoms with E-state index in [-0.39, 0.29) is 13.1 Å². The molecule has 0 amide bonds. The summed E-state index contributed by atoms with van der Waals surface area (Å²) in [6.45, 7) is -0.160. The standard InChI is InChI=1S/C16H12F2N4O4/c17-11-7-21(15(25)19-13(11)23)5-9-3-1-2-4-10(9)6-22-8-12(18)14(24)20-16(22)26/h1-4,7-8H,5-6H2,(H,19,23,25)(H,20,24,26). The first-order chi connectivity index (χ1) is 12.3. The Morgan fingerprint density at radius 3 is 1.50 bits per heavy atom. The Morgan fingerprint density at radius 2 is 1.12 bits per heavy atom. The molecule has 0 radical (unpaired) electrons. The van der Waals surface area contributed by atoms with E-state index in [2.05, 4.69) is 0 Å². The zero-order chi connectivity index (χ0) is 18.8. The number of aromatic amines is 2. The molecule has 1 aromatic carbocycles. The molecule has 0 saturated heterocycles. The van der Waals surface area contributed by atoms with Crippen LogP contribution in [0.2, 0.25) is 0 Å². The minimum Gasteiger partial charge on any atom is -0.293 e. The Bertz CT molecular complexity index is 1110. The quantitative estimate of drug-likeness (QED) is 0.668. The number of aromatic nitrogens is 4. The second-order valence-corrected chi connectivity index (χ2v) is 5.50. The number of hydrogen-bond donors (Lipinski definition) is 2. The third kappa shape index (κ3) is 3.43. The van der Waals surface area contributed by atoms with Crippen molar-refractivity contribution in [1.29, 1.82) is 0 Å². The van der Waals surface area contributed by atoms with Crippen molar-refractivity contribution in [3.05, 3.63) is 101 Å². The highest BCUT2D eigenvalue weighted by molar-refractivity contribution is 5.27. The number of nitrogens with zero attached hydrogens (tertiary/aromatic N) is 2. The Balaban J connectivity index is 2.00. The Morgan fingerprint density at radius 1 is 0.731 bits per heavy atom. The number of halogens is 2. The third-order valence-corrected chi connectivity index (χ3v) is 3.73. The van der Waals surface area contributed by atoms with E-state index in [0.29, 0.717) is 11.1 Å². The van der Waals surface area contributed by atoms with Crippen molar-refractivity contribution in [1.82, 2.24) is 19.1 Å². The predicted molar refractivity (Wildman–Crippen MR) is 87.2 cm³/mol. The molecule has 0 spiro atoms. The van der Waals surface area contributed by atoms with E-state index < -0.39 is 34.1 Å². The normalized spacial score (nSPS) is 10.8. The molecule has 0 aliphatic rings. The van der Waals surface area contributed by atoms with Crippen LogP contribution < -0.4 is 22.5 Å². The molecule has 0 atom stereocenters. The fourth-order valence-corrected chi connectivity index (χ4v) is 2.43. The largest absolute Gasteiger partial charge is 0.328 e. The summed E-state index contributed by atoms with van der Waals surface area (Å²) in [5.41, 5.74) is -2.74. The molecule has 0 unspecified atom stereocenters. The summed E-state index contributed by atoms with van der Waals surface area (Å²) in [6.07, 6.45) is 1.56. The van der Waals surface area contributed by atoms with Gasteiger partial charge < -0.3 is 0 Å². The lowest BCUT2D eigenvalue weighted by atomic mass is 10.1. The molecule has 10 heteroatoms. The smallest absolute Gasteiger partial charge is 0.293 e. The Labute approximate surface area is 143 Å². The van der Waals surface area contributed by atoms with Crippen molar-refractivity contribution in [3.63, 3.8) is 0 Å². The van der Waals surface area contributed by atoms with Crippen molar-refractivity contribution in [2.24, 2.45) is 0 Å². The highest BCUT2D eigenvalue weighted by Crippen LogP contribution is 2.11. The maximum Gasteiger partial charge on any atom is 0.328 e. The van der Waals surface area contributed by atoms with Gasteiger partial charge in [0.2, 0.25) is 11.6 Å². The van der Waals surface area contributed by atoms with Crippen LogP contribution in [0.3, 0.4) is 0 Å². The van der Waals surface area contributed by atoms with Crippen LogP contribution in [-0.4, -0.2) is 19.1 Å². The topological polar surface area (TPSA) is 110 Å². The molecular weight excluding hydrogens is 350 g/mol. The van der Waals surface area contributed by atoms with Gasteiger partial charge in [0.15, 0.2) is 0 Å². The van der Waals surface area contributed by atoms with Gasteiger partial charge >= 0.3 is 11.4 Å². The highest BCUT2D eigenvalue weighted by atomic mass is 19.1. The minimum atomic E-state index is -1.12. The van der Waals surface area contributed by atoms with E-state index in [1.54, 1.807) is 24.3 Å². The Kier molecular flexibility index (Phi) is 4.48. The van der Waals surface area contributed by atoms with Gasteiger partial charge in [-0.1, -0.05) is 24.3 Å². The summed E-state index contributed by atoms with van der Waals surface area (Å²) in [4.78, 5) is 49.5. The molecule has 3 aromatic rings. The average Bonchev–Trinajstić information content (AvgIpc) is 2.59. The first kappa shape index (κ1) is 17.3. The van der Waals surface area contributed by atoms with Gasteiger partial charge in [-0.05, 0) is 11.1 Å². The summed E-state index contributed by atoms with van der Waals surface area (Å²) in [5, 5.41) is 0. The number of nitrogens with one attached hydrogen (secondary N) is 2. The number of rotatable bonds is 4. The molecule has 0 fully saturated rings. The third-order valence-electron chi connectivity index (χ3n) is 3.73. The van der Waals surface area contributed by atoms with Crippen LogP contribution in [0.15, 0.2) is 55.8 Å². The summed E-state index contributed by atoms with van der Waals surface area (Å²) in [7, 11) is 0. The van der Waals surface area contributed by atoms with Crippen LogP contribution in [0.5, 0.6) is 0 Å². The summed E-state index contributed by atoms with van der Waals surface area (Å²) in [5.74, 6) is -2.22. The van der Waals surface area contributed by atoms with Gasteiger partial charge in [-0.15, -0.1) is 0 Å². The van der Waals surface area contributed by atoms with Gasteiger partial charge in [-0.25, -0.2) is 9.59 Å². The second-order valence-electron chi connectivity index (χ2n) is 5.50. The molecule has 134 valence electrons. The molecule has 2 aromatic heterocycles. The zero-order valence-corrected chi connectivity index (χ0v) is 13.2. The molecule has 2 N–H and O–H groups in total. The van der Waals surface area contributed by atoms with Gasteiger partial charge in [-0.3, -0.25) is 28.7 Å². The van der Waals surface area contributed by atoms with Crippen molar-refractivity contribution in [3.8, 4) is 0 Å². The summed E-state index contributed by atoms with van der Waals surface area (Å²) < 4.78 is 28.8. The van der Waals surface area contributed by atoms with Crippen LogP contribution in [-0.2, 0) is 13.1 Å². The minimum absolute atomic E-state index is 0.0801. The van der Waals surface area contributed by atoms with E-state index >= 15 is 0 Å². The van der Waals surface area contributed by atoms with Gasteiger partial charge in [0.1, 0.15) is 0 Å². The lowest BCUT2D eigenvalue weighted by Gasteiger charge is -2.12. The van der Waals surface area contributed by atoms with Crippen LogP contribution in [0.25, 0.3) is 0 Å². The molecule has 0 saturated carbocycles. The van der Waals surface area contributed by atoms with Crippen molar-refractivity contribution >= 4 is 0 Å². The Hall–Kier alpha value is -3.56. The lowest BCUT2D eigenvalue weighted by Crippen LogP contribution is -2.33.